The number of benzene rings is 5. The molecule has 0 fully saturated rings. The van der Waals surface area contributed by atoms with Gasteiger partial charge < -0.3 is 0 Å². The monoisotopic (exact) mass is 718 g/mol. The molecule has 0 spiro atoms. The van der Waals surface area contributed by atoms with E-state index in [2.05, 4.69) is 173 Å². The van der Waals surface area contributed by atoms with Crippen molar-refractivity contribution in [2.75, 3.05) is 0 Å². The predicted octanol–water partition coefficient (Wildman–Crippen LogP) is 13.2. The fraction of sp³-hybridized carbons (Fsp3) is 0.122. The zero-order chi connectivity index (χ0) is 32.2. The summed E-state index contributed by atoms with van der Waals surface area (Å²) in [5.41, 5.74) is 11.8. The molecule has 224 valence electrons. The van der Waals surface area contributed by atoms with Gasteiger partial charge >= 0.3 is 37.9 Å². The molecule has 0 aromatic heterocycles. The van der Waals surface area contributed by atoms with Crippen LogP contribution in [-0.2, 0) is 20.8 Å². The normalized spacial score (nSPS) is 10.1. The molecular formula is C41H38Cl2SiZr. The quantitative estimate of drug-likeness (QED) is 0.126. The molecule has 7 rings (SSSR count). The van der Waals surface area contributed by atoms with Crippen LogP contribution in [-0.4, -0.2) is 9.52 Å². The number of halogens is 2. The molecule has 0 bridgehead atoms. The summed E-state index contributed by atoms with van der Waals surface area (Å²) in [4.78, 5) is 0. The van der Waals surface area contributed by atoms with Crippen molar-refractivity contribution in [3.63, 3.8) is 0 Å². The summed E-state index contributed by atoms with van der Waals surface area (Å²) in [5.74, 6) is 0. The van der Waals surface area contributed by atoms with Crippen molar-refractivity contribution < 1.29 is 20.8 Å². The van der Waals surface area contributed by atoms with Crippen molar-refractivity contribution in [2.45, 2.75) is 33.9 Å². The van der Waals surface area contributed by atoms with E-state index >= 15 is 0 Å². The minimum absolute atomic E-state index is 0.826. The first-order valence-electron chi connectivity index (χ1n) is 15.0. The Kier molecular flexibility index (Phi) is 13.7. The molecule has 0 aliphatic rings. The topological polar surface area (TPSA) is 0 Å². The molecular weight excluding hydrogens is 683 g/mol. The maximum atomic E-state index is 4.93. The first kappa shape index (κ1) is 34.9. The van der Waals surface area contributed by atoms with E-state index in [4.69, 9.17) is 17.0 Å². The molecule has 0 saturated heterocycles. The van der Waals surface area contributed by atoms with Gasteiger partial charge in [-0.25, -0.2) is 0 Å². The van der Waals surface area contributed by atoms with Gasteiger partial charge in [-0.2, -0.15) is 6.07 Å². The van der Waals surface area contributed by atoms with Crippen LogP contribution in [0.1, 0.15) is 16.7 Å². The van der Waals surface area contributed by atoms with E-state index in [1.807, 2.05) is 0 Å². The van der Waals surface area contributed by atoms with Crippen LogP contribution in [0.5, 0.6) is 0 Å². The molecule has 0 heterocycles. The third kappa shape index (κ3) is 9.27. The van der Waals surface area contributed by atoms with Gasteiger partial charge in [0.15, 0.2) is 0 Å². The fourth-order valence-corrected chi connectivity index (χ4v) is 5.48. The Hall–Kier alpha value is -3.00. The number of hydrogen-bond acceptors (Lipinski definition) is 0. The van der Waals surface area contributed by atoms with Crippen LogP contribution in [0.2, 0.25) is 13.1 Å². The van der Waals surface area contributed by atoms with Gasteiger partial charge in [0.25, 0.3) is 0 Å². The van der Waals surface area contributed by atoms with E-state index in [-0.39, 0.29) is 0 Å². The Morgan fingerprint density at radius 1 is 0.556 bits per heavy atom. The Labute approximate surface area is 290 Å². The van der Waals surface area contributed by atoms with Gasteiger partial charge in [0, 0.05) is 9.52 Å². The Morgan fingerprint density at radius 2 is 1.11 bits per heavy atom. The SMILES string of the molecule is C[Si]C.Cc1cc2c(-c3ccccc3)ccc(C)c2[cH-]1.Cc1ccc(-c2cc3c(-c4ccccc4)cccc3[cH-]2)cc1.[Cl][Zr+2][Cl]. The van der Waals surface area contributed by atoms with Crippen molar-refractivity contribution in [3.8, 4) is 33.4 Å². The molecule has 0 amide bonds. The molecule has 0 atom stereocenters. The summed E-state index contributed by atoms with van der Waals surface area (Å²) in [6.07, 6.45) is 0. The van der Waals surface area contributed by atoms with Gasteiger partial charge in [0.1, 0.15) is 0 Å². The summed E-state index contributed by atoms with van der Waals surface area (Å²) in [7, 11) is 11.0. The zero-order valence-corrected chi connectivity index (χ0v) is 31.5. The average molecular weight is 721 g/mol. The molecule has 45 heavy (non-hydrogen) atoms. The second kappa shape index (κ2) is 17.6. The van der Waals surface area contributed by atoms with E-state index in [1.54, 1.807) is 0 Å². The number of fused-ring (bicyclic) bond motifs is 2. The van der Waals surface area contributed by atoms with Crippen LogP contribution in [0.15, 0.2) is 140 Å². The van der Waals surface area contributed by atoms with Crippen LogP contribution in [0, 0.1) is 20.8 Å². The van der Waals surface area contributed by atoms with Crippen LogP contribution < -0.4 is 0 Å². The molecule has 0 aliphatic carbocycles. The number of rotatable bonds is 3. The van der Waals surface area contributed by atoms with Crippen molar-refractivity contribution in [2.24, 2.45) is 0 Å². The van der Waals surface area contributed by atoms with E-state index in [0.717, 1.165) is 9.52 Å². The van der Waals surface area contributed by atoms with Crippen molar-refractivity contribution in [1.29, 1.82) is 0 Å². The molecule has 4 heteroatoms. The Balaban J connectivity index is 0.000000179. The van der Waals surface area contributed by atoms with Crippen molar-refractivity contribution in [3.05, 3.63) is 156 Å². The third-order valence-electron chi connectivity index (χ3n) is 7.55. The van der Waals surface area contributed by atoms with Gasteiger partial charge in [-0.1, -0.05) is 152 Å². The average Bonchev–Trinajstić information content (AvgIpc) is 3.68. The first-order chi connectivity index (χ1) is 21.9. The standard InChI is InChI=1S/C22H17.C17H15.C2H6Si.2ClH.Zr/c1-16-10-12-17(13-11-16)20-14-19-8-5-9-21(22(19)15-20)18-6-3-2-4-7-18;1-12-10-16-13(2)8-9-15(17(16)11-12)14-6-4-3-5-7-14;1-3-2;;;/h2-15H,1H3;3-11H,1-2H3;1-2H3;2*1H;/q2*-1;;;;+4/p-2. The van der Waals surface area contributed by atoms with Gasteiger partial charge in [-0.15, -0.1) is 68.6 Å². The second-order valence-electron chi connectivity index (χ2n) is 11.0. The number of aryl methyl sites for hydroxylation is 3. The van der Waals surface area contributed by atoms with Gasteiger partial charge in [-0.3, -0.25) is 0 Å². The second-order valence-corrected chi connectivity index (χ2v) is 15.7. The molecule has 0 saturated carbocycles. The maximum absolute atomic E-state index is 4.93. The Morgan fingerprint density at radius 3 is 1.69 bits per heavy atom. The molecule has 7 aromatic rings. The first-order valence-corrected chi connectivity index (χ1v) is 23.3. The van der Waals surface area contributed by atoms with Crippen LogP contribution in [0.4, 0.5) is 0 Å². The summed E-state index contributed by atoms with van der Waals surface area (Å²) in [6, 6.07) is 50.1. The fourth-order valence-electron chi connectivity index (χ4n) is 5.48. The van der Waals surface area contributed by atoms with Crippen LogP contribution in [0.25, 0.3) is 54.9 Å². The molecule has 0 aliphatic heterocycles. The van der Waals surface area contributed by atoms with E-state index in [9.17, 15) is 0 Å². The molecule has 7 aromatic carbocycles. The molecule has 0 nitrogen and oxygen atoms in total. The minimum atomic E-state index is -0.826. The van der Waals surface area contributed by atoms with Crippen molar-refractivity contribution >= 4 is 48.1 Å². The van der Waals surface area contributed by atoms with E-state index in [0.29, 0.717) is 0 Å². The molecule has 2 radical (unpaired) electrons. The predicted molar refractivity (Wildman–Crippen MR) is 199 cm³/mol. The summed E-state index contributed by atoms with van der Waals surface area (Å²) < 4.78 is 0. The van der Waals surface area contributed by atoms with Gasteiger partial charge in [0.05, 0.1) is 0 Å². The third-order valence-corrected chi connectivity index (χ3v) is 7.55. The summed E-state index contributed by atoms with van der Waals surface area (Å²) >= 11 is -0.826. The van der Waals surface area contributed by atoms with Crippen LogP contribution >= 0.6 is 17.0 Å². The summed E-state index contributed by atoms with van der Waals surface area (Å²) in [5, 5.41) is 5.37. The number of hydrogen-bond donors (Lipinski definition) is 0. The summed E-state index contributed by atoms with van der Waals surface area (Å²) in [6.45, 7) is 10.8. The van der Waals surface area contributed by atoms with E-state index < -0.39 is 20.8 Å². The molecule has 0 N–H and O–H groups in total. The van der Waals surface area contributed by atoms with Gasteiger partial charge in [0.2, 0.25) is 0 Å². The van der Waals surface area contributed by atoms with Gasteiger partial charge in [-0.05, 0) is 18.1 Å². The zero-order valence-electron chi connectivity index (χ0n) is 26.5. The van der Waals surface area contributed by atoms with Crippen LogP contribution in [0.3, 0.4) is 0 Å². The molecule has 0 unspecified atom stereocenters. The van der Waals surface area contributed by atoms with E-state index in [1.165, 1.54) is 71.6 Å². The Bertz CT molecular complexity index is 1900. The van der Waals surface area contributed by atoms with Crippen molar-refractivity contribution in [1.82, 2.24) is 0 Å².